The molecule has 0 radical (unpaired) electrons. The maximum atomic E-state index is 13.8. The van der Waals surface area contributed by atoms with Crippen LogP contribution in [0.5, 0.6) is 5.75 Å². The molecule has 1 aromatic heterocycles. The van der Waals surface area contributed by atoms with E-state index in [0.717, 1.165) is 31.2 Å². The van der Waals surface area contributed by atoms with E-state index in [9.17, 15) is 31.5 Å². The third-order valence-corrected chi connectivity index (χ3v) is 9.48. The van der Waals surface area contributed by atoms with Crippen molar-refractivity contribution >= 4 is 26.7 Å². The summed E-state index contributed by atoms with van der Waals surface area (Å²) in [4.78, 5) is 22.1. The van der Waals surface area contributed by atoms with Gasteiger partial charge in [-0.3, -0.25) is 9.80 Å². The lowest BCUT2D eigenvalue weighted by molar-refractivity contribution is -0.137. The second-order valence-electron chi connectivity index (χ2n) is 12.2. The number of sulfone groups is 1. The lowest BCUT2D eigenvalue weighted by atomic mass is 9.92. The number of pyridine rings is 1. The van der Waals surface area contributed by atoms with Crippen molar-refractivity contribution in [1.29, 1.82) is 0 Å². The van der Waals surface area contributed by atoms with Crippen LogP contribution in [0.3, 0.4) is 0 Å². The largest absolute Gasteiger partial charge is 0.490 e. The Labute approximate surface area is 260 Å². The molecule has 3 heterocycles. The van der Waals surface area contributed by atoms with E-state index in [-0.39, 0.29) is 56.6 Å². The third kappa shape index (κ3) is 7.26. The standard InChI is InChI=1S/C32H38F3N3O6S/c1-19(2)44-26-17-25-23(16-27(26)45(4,41)42)29(31(39)40)24(30(36-25)21-6-5-7-22(15-21)32(33,34)35)18-38-9-8-20(3)14-28(38)37-10-12-43-13-11-37/h5-7,15-17,19-20,28H,8-14,18H2,1-4H3,(H,39,40). The van der Waals surface area contributed by atoms with Crippen LogP contribution in [-0.2, 0) is 27.3 Å². The van der Waals surface area contributed by atoms with E-state index < -0.39 is 33.7 Å². The highest BCUT2D eigenvalue weighted by atomic mass is 32.2. The highest BCUT2D eigenvalue weighted by Crippen LogP contribution is 2.39. The predicted octanol–water partition coefficient (Wildman–Crippen LogP) is 5.70. The maximum Gasteiger partial charge on any atom is 0.416 e. The Kier molecular flexibility index (Phi) is 9.46. The van der Waals surface area contributed by atoms with Crippen LogP contribution in [0.2, 0.25) is 0 Å². The van der Waals surface area contributed by atoms with Gasteiger partial charge in [0, 0.05) is 55.0 Å². The van der Waals surface area contributed by atoms with Crippen LogP contribution in [0.15, 0.2) is 41.3 Å². The van der Waals surface area contributed by atoms with E-state index in [1.165, 1.54) is 24.3 Å². The van der Waals surface area contributed by atoms with Crippen molar-refractivity contribution in [2.24, 2.45) is 5.92 Å². The van der Waals surface area contributed by atoms with Crippen LogP contribution in [0, 0.1) is 5.92 Å². The third-order valence-electron chi connectivity index (χ3n) is 8.36. The monoisotopic (exact) mass is 649 g/mol. The van der Waals surface area contributed by atoms with E-state index in [1.807, 2.05) is 0 Å². The summed E-state index contributed by atoms with van der Waals surface area (Å²) in [6.07, 6.45) is -2.39. The van der Waals surface area contributed by atoms with Gasteiger partial charge in [0.15, 0.2) is 9.84 Å². The SMILES string of the molecule is CC1CCN(Cc2c(-c3cccc(C(F)(F)F)c3)nc3cc(OC(C)C)c(S(C)(=O)=O)cc3c2C(=O)O)C(N2CCOCC2)C1. The number of hydrogen-bond acceptors (Lipinski definition) is 8. The van der Waals surface area contributed by atoms with Crippen molar-refractivity contribution < 1.29 is 41.0 Å². The molecule has 0 bridgehead atoms. The second kappa shape index (κ2) is 12.9. The van der Waals surface area contributed by atoms with Crippen molar-refractivity contribution in [3.05, 3.63) is 53.1 Å². The van der Waals surface area contributed by atoms with Crippen LogP contribution in [-0.4, -0.2) is 85.7 Å². The minimum absolute atomic E-state index is 0.0102. The van der Waals surface area contributed by atoms with Crippen molar-refractivity contribution in [3.8, 4) is 17.0 Å². The quantitative estimate of drug-likeness (QED) is 0.329. The Morgan fingerprint density at radius 1 is 1.16 bits per heavy atom. The summed E-state index contributed by atoms with van der Waals surface area (Å²) in [5.41, 5.74) is -0.571. The molecule has 1 N–H and O–H groups in total. The highest BCUT2D eigenvalue weighted by molar-refractivity contribution is 7.90. The number of aromatic carboxylic acids is 1. The van der Waals surface area contributed by atoms with Crippen LogP contribution < -0.4 is 4.74 Å². The number of halogens is 3. The number of alkyl halides is 3. The molecule has 244 valence electrons. The summed E-state index contributed by atoms with van der Waals surface area (Å²) < 4.78 is 78.5. The number of benzene rings is 2. The number of rotatable bonds is 8. The second-order valence-corrected chi connectivity index (χ2v) is 14.2. The molecule has 45 heavy (non-hydrogen) atoms. The number of aromatic nitrogens is 1. The number of carbonyl (C=O) groups is 1. The van der Waals surface area contributed by atoms with Gasteiger partial charge in [-0.2, -0.15) is 13.2 Å². The zero-order valence-corrected chi connectivity index (χ0v) is 26.5. The molecule has 0 saturated carbocycles. The lowest BCUT2D eigenvalue weighted by Gasteiger charge is -2.46. The first kappa shape index (κ1) is 33.1. The fourth-order valence-electron chi connectivity index (χ4n) is 6.23. The number of carboxylic acid groups (broad SMARTS) is 1. The number of hydrogen-bond donors (Lipinski definition) is 1. The van der Waals surface area contributed by atoms with Crippen molar-refractivity contribution in [2.75, 3.05) is 39.1 Å². The molecule has 13 heteroatoms. The normalized spacial score (nSPS) is 20.5. The Morgan fingerprint density at radius 3 is 2.49 bits per heavy atom. The van der Waals surface area contributed by atoms with Gasteiger partial charge in [0.05, 0.1) is 47.8 Å². The Balaban J connectivity index is 1.78. The average Bonchev–Trinajstić information content (AvgIpc) is 2.96. The molecular formula is C32H38F3N3O6S. The molecule has 3 aromatic rings. The molecule has 2 fully saturated rings. The van der Waals surface area contributed by atoms with E-state index >= 15 is 0 Å². The number of nitrogens with zero attached hydrogens (tertiary/aromatic N) is 3. The molecule has 9 nitrogen and oxygen atoms in total. The van der Waals surface area contributed by atoms with Gasteiger partial charge in [0.25, 0.3) is 0 Å². The molecule has 0 amide bonds. The molecule has 2 saturated heterocycles. The molecule has 2 aliphatic heterocycles. The molecule has 2 aromatic carbocycles. The molecule has 2 atom stereocenters. The predicted molar refractivity (Wildman–Crippen MR) is 163 cm³/mol. The maximum absolute atomic E-state index is 13.8. The van der Waals surface area contributed by atoms with Crippen LogP contribution in [0.1, 0.15) is 55.1 Å². The molecule has 2 aliphatic rings. The van der Waals surface area contributed by atoms with Crippen molar-refractivity contribution in [1.82, 2.24) is 14.8 Å². The van der Waals surface area contributed by atoms with Crippen LogP contribution >= 0.6 is 0 Å². The summed E-state index contributed by atoms with van der Waals surface area (Å²) in [7, 11) is -3.87. The van der Waals surface area contributed by atoms with E-state index in [4.69, 9.17) is 14.5 Å². The summed E-state index contributed by atoms with van der Waals surface area (Å²) in [6, 6.07) is 7.29. The fraction of sp³-hybridized carbons (Fsp3) is 0.500. The first-order chi connectivity index (χ1) is 21.1. The minimum Gasteiger partial charge on any atom is -0.490 e. The van der Waals surface area contributed by atoms with E-state index in [2.05, 4.69) is 16.7 Å². The van der Waals surface area contributed by atoms with Gasteiger partial charge >= 0.3 is 12.1 Å². The van der Waals surface area contributed by atoms with E-state index in [0.29, 0.717) is 38.8 Å². The first-order valence-corrected chi connectivity index (χ1v) is 16.9. The minimum atomic E-state index is -4.63. The summed E-state index contributed by atoms with van der Waals surface area (Å²) >= 11 is 0. The van der Waals surface area contributed by atoms with Gasteiger partial charge in [-0.25, -0.2) is 18.2 Å². The Hall–Kier alpha value is -3.26. The lowest BCUT2D eigenvalue weighted by Crippen LogP contribution is -2.55. The van der Waals surface area contributed by atoms with E-state index in [1.54, 1.807) is 13.8 Å². The van der Waals surface area contributed by atoms with Gasteiger partial charge in [-0.05, 0) is 50.8 Å². The van der Waals surface area contributed by atoms with Gasteiger partial charge < -0.3 is 14.6 Å². The summed E-state index contributed by atoms with van der Waals surface area (Å²) in [5.74, 6) is -0.928. The first-order valence-electron chi connectivity index (χ1n) is 15.0. The van der Waals surface area contributed by atoms with Crippen LogP contribution in [0.25, 0.3) is 22.2 Å². The van der Waals surface area contributed by atoms with Crippen LogP contribution in [0.4, 0.5) is 13.2 Å². The zero-order valence-electron chi connectivity index (χ0n) is 25.7. The Bertz CT molecular complexity index is 1690. The van der Waals surface area contributed by atoms with Crippen molar-refractivity contribution in [3.63, 3.8) is 0 Å². The molecule has 0 spiro atoms. The fourth-order valence-corrected chi connectivity index (χ4v) is 7.04. The van der Waals surface area contributed by atoms with Gasteiger partial charge in [0.1, 0.15) is 10.6 Å². The smallest absolute Gasteiger partial charge is 0.416 e. The number of morpholine rings is 1. The summed E-state index contributed by atoms with van der Waals surface area (Å²) in [5, 5.41) is 10.7. The zero-order chi connectivity index (χ0) is 32.7. The average molecular weight is 650 g/mol. The number of likely N-dealkylation sites (tertiary alicyclic amines) is 1. The molecular weight excluding hydrogens is 611 g/mol. The van der Waals surface area contributed by atoms with Gasteiger partial charge in [-0.15, -0.1) is 0 Å². The number of ether oxygens (including phenoxy) is 2. The van der Waals surface area contributed by atoms with Gasteiger partial charge in [-0.1, -0.05) is 19.1 Å². The Morgan fingerprint density at radius 2 is 1.87 bits per heavy atom. The number of carboxylic acids is 1. The highest BCUT2D eigenvalue weighted by Gasteiger charge is 2.35. The topological polar surface area (TPSA) is 109 Å². The number of fused-ring (bicyclic) bond motifs is 1. The molecule has 5 rings (SSSR count). The summed E-state index contributed by atoms with van der Waals surface area (Å²) in [6.45, 7) is 8.87. The van der Waals surface area contributed by atoms with Crippen molar-refractivity contribution in [2.45, 2.75) is 63.5 Å². The molecule has 2 unspecified atom stereocenters. The number of piperidine rings is 1. The molecule has 0 aliphatic carbocycles. The van der Waals surface area contributed by atoms with Gasteiger partial charge in [0.2, 0.25) is 0 Å².